The van der Waals surface area contributed by atoms with Gasteiger partial charge in [-0.1, -0.05) is 12.1 Å². The van der Waals surface area contributed by atoms with Crippen molar-refractivity contribution >= 4 is 47.1 Å². The van der Waals surface area contributed by atoms with Crippen molar-refractivity contribution in [1.82, 2.24) is 29.1 Å². The van der Waals surface area contributed by atoms with Crippen LogP contribution < -0.4 is 26.5 Å². The number of hydrogen-bond acceptors (Lipinski definition) is 19. The Morgan fingerprint density at radius 3 is 2.41 bits per heavy atom. The molecule has 0 saturated carbocycles. The fourth-order valence-electron chi connectivity index (χ4n) is 6.41. The number of nitrogen functional groups attached to an aromatic ring is 1. The Labute approximate surface area is 337 Å². The highest BCUT2D eigenvalue weighted by Gasteiger charge is 2.51. The van der Waals surface area contributed by atoms with Crippen molar-refractivity contribution in [3.63, 3.8) is 0 Å². The van der Waals surface area contributed by atoms with Gasteiger partial charge in [-0.3, -0.25) is 32.8 Å². The van der Waals surface area contributed by atoms with E-state index < -0.39 is 86.2 Å². The van der Waals surface area contributed by atoms with Crippen LogP contribution in [0.4, 0.5) is 5.82 Å². The molecular weight excluding hydrogens is 817 g/mol. The van der Waals surface area contributed by atoms with Crippen molar-refractivity contribution in [2.75, 3.05) is 26.1 Å². The van der Waals surface area contributed by atoms with Crippen LogP contribution in [0.1, 0.15) is 41.7 Å². The summed E-state index contributed by atoms with van der Waals surface area (Å²) in [6.45, 7) is -4.12. The third-order valence-electron chi connectivity index (χ3n) is 9.29. The molecule has 2 aliphatic heterocycles. The molecule has 2 aromatic carbocycles. The zero-order chi connectivity index (χ0) is 41.8. The van der Waals surface area contributed by atoms with Gasteiger partial charge in [0, 0.05) is 38.5 Å². The van der Waals surface area contributed by atoms with Gasteiger partial charge < -0.3 is 39.6 Å². The number of fused-ring (bicyclic) bond motifs is 1. The van der Waals surface area contributed by atoms with Crippen molar-refractivity contribution < 1.29 is 57.1 Å². The molecule has 312 valence electrons. The van der Waals surface area contributed by atoms with E-state index in [0.717, 1.165) is 22.0 Å². The Hall–Kier alpha value is -5.29. The molecule has 0 amide bonds. The minimum atomic E-state index is -4.33. The largest absolute Gasteiger partial charge is 0.427 e. The molecule has 7 rings (SSSR count). The summed E-state index contributed by atoms with van der Waals surface area (Å²) in [5.74, 6) is -0.471. The topological polar surface area (TPSA) is 281 Å². The summed E-state index contributed by atoms with van der Waals surface area (Å²) in [6.07, 6.45) is -3.59. The average molecular weight is 856 g/mol. The van der Waals surface area contributed by atoms with Crippen LogP contribution in [0.5, 0.6) is 11.5 Å². The highest BCUT2D eigenvalue weighted by atomic mass is 32.7. The molecule has 21 nitrogen and oxygen atoms in total. The molecule has 59 heavy (non-hydrogen) atoms. The number of rotatable bonds is 15. The number of aliphatic hydroxyl groups excluding tert-OH is 2. The number of carbonyl (C=O) groups excluding carboxylic acids is 2. The summed E-state index contributed by atoms with van der Waals surface area (Å²) in [6, 6.07) is 13.3. The van der Waals surface area contributed by atoms with Gasteiger partial charge in [-0.15, -0.1) is 0 Å². The van der Waals surface area contributed by atoms with Crippen LogP contribution in [0.2, 0.25) is 0 Å². The Morgan fingerprint density at radius 1 is 0.983 bits per heavy atom. The highest BCUT2D eigenvalue weighted by Crippen LogP contribution is 2.64. The summed E-state index contributed by atoms with van der Waals surface area (Å²) in [5.41, 5.74) is 6.04. The number of nitrogens with one attached hydrogen (secondary N) is 1. The van der Waals surface area contributed by atoms with Gasteiger partial charge in [0.1, 0.15) is 54.0 Å². The second-order valence-electron chi connectivity index (χ2n) is 13.2. The van der Waals surface area contributed by atoms with Crippen LogP contribution in [0.15, 0.2) is 83.0 Å². The zero-order valence-electron chi connectivity index (χ0n) is 31.3. The number of benzene rings is 2. The molecule has 3 aromatic heterocycles. The number of aromatic nitrogens is 6. The van der Waals surface area contributed by atoms with Crippen LogP contribution in [-0.4, -0.2) is 102 Å². The lowest BCUT2D eigenvalue weighted by molar-refractivity contribution is -0.131. The molecular formula is C36H38N7O14PS. The van der Waals surface area contributed by atoms with Gasteiger partial charge in [0.05, 0.1) is 31.2 Å². The first kappa shape index (κ1) is 41.9. The van der Waals surface area contributed by atoms with Gasteiger partial charge in [-0.25, -0.2) is 29.1 Å². The van der Waals surface area contributed by atoms with E-state index in [1.165, 1.54) is 69.3 Å². The van der Waals surface area contributed by atoms with E-state index in [2.05, 4.69) is 19.9 Å². The van der Waals surface area contributed by atoms with Crippen LogP contribution >= 0.6 is 18.2 Å². The first-order chi connectivity index (χ1) is 28.3. The number of esters is 2. The van der Waals surface area contributed by atoms with E-state index in [-0.39, 0.29) is 35.1 Å². The smallest absolute Gasteiger partial charge is 0.389 e. The molecule has 2 fully saturated rings. The van der Waals surface area contributed by atoms with E-state index in [9.17, 15) is 34.0 Å². The fourth-order valence-corrected chi connectivity index (χ4v) is 9.80. The lowest BCUT2D eigenvalue weighted by atomic mass is 10.1. The molecule has 5 aromatic rings. The van der Waals surface area contributed by atoms with E-state index in [0.29, 0.717) is 16.7 Å². The van der Waals surface area contributed by atoms with Gasteiger partial charge in [-0.05, 0) is 53.3 Å². The zero-order valence-corrected chi connectivity index (χ0v) is 33.0. The van der Waals surface area contributed by atoms with Gasteiger partial charge >= 0.3 is 24.4 Å². The Balaban J connectivity index is 1.08. The van der Waals surface area contributed by atoms with Crippen LogP contribution in [-0.2, 0) is 38.4 Å². The first-order valence-corrected chi connectivity index (χ1v) is 21.0. The molecule has 4 unspecified atom stereocenters. The number of anilines is 1. The normalized spacial score (nSPS) is 23.9. The summed E-state index contributed by atoms with van der Waals surface area (Å²) in [7, 11) is 1.31. The minimum Gasteiger partial charge on any atom is -0.427 e. The summed E-state index contributed by atoms with van der Waals surface area (Å²) < 4.78 is 57.8. The SMILES string of the molecule is CO[C@@H]1C(n2ccc(=O)[nH]c2=O)OC(CO)[C@@H]1OP(=O)(OCC1O[C@@H](n2cnc3c(N)ncnc32)C[C@H]1O)SCc1ccc(OC(=O)c2ccc(OC(C)=O)cc2)cc1. The number of ether oxygens (including phenoxy) is 5. The monoisotopic (exact) mass is 855 g/mol. The maximum Gasteiger partial charge on any atom is 0.389 e. The second-order valence-corrected chi connectivity index (χ2v) is 17.2. The number of hydrogen-bond donors (Lipinski definition) is 4. The molecule has 0 bridgehead atoms. The number of methoxy groups -OCH3 is 1. The number of nitrogens with two attached hydrogens (primary N) is 1. The van der Waals surface area contributed by atoms with Crippen LogP contribution in [0, 0.1) is 0 Å². The van der Waals surface area contributed by atoms with Gasteiger partial charge in [0.15, 0.2) is 17.7 Å². The highest BCUT2D eigenvalue weighted by molar-refractivity contribution is 8.54. The summed E-state index contributed by atoms with van der Waals surface area (Å²) in [4.78, 5) is 63.0. The third-order valence-corrected chi connectivity index (χ3v) is 12.9. The number of H-pyrrole nitrogens is 1. The maximum atomic E-state index is 14.8. The predicted molar refractivity (Wildman–Crippen MR) is 206 cm³/mol. The van der Waals surface area contributed by atoms with Crippen molar-refractivity contribution in [2.24, 2.45) is 0 Å². The molecule has 2 aliphatic rings. The standard InChI is InChI=1S/C36H38N7O14PS/c1-19(45)53-22-9-5-21(6-10-22)35(48)54-23-7-3-20(4-8-23)16-59-58(50,57-30-25(14-44)56-34(31(30)51-2)42-12-11-27(47)41-36(42)49)52-15-26-24(46)13-28(55-26)43-18-40-29-32(37)38-17-39-33(29)43/h3-12,17-18,24-26,28,30-31,34,44,46H,13-16H2,1-2H3,(H2,37,38,39)(H,41,47,49)/t24-,25?,26?,28-,30+,31+,34?,58?/m1/s1. The van der Waals surface area contributed by atoms with Crippen LogP contribution in [0.3, 0.4) is 0 Å². The number of nitrogens with zero attached hydrogens (tertiary/aromatic N) is 5. The quantitative estimate of drug-likeness (QED) is 0.0666. The van der Waals surface area contributed by atoms with Crippen molar-refractivity contribution in [1.29, 1.82) is 0 Å². The number of aliphatic hydroxyl groups is 2. The van der Waals surface area contributed by atoms with Crippen molar-refractivity contribution in [3.05, 3.63) is 105 Å². The molecule has 5 heterocycles. The first-order valence-electron chi connectivity index (χ1n) is 17.9. The number of imidazole rings is 1. The van der Waals surface area contributed by atoms with Crippen molar-refractivity contribution in [2.45, 2.75) is 62.1 Å². The minimum absolute atomic E-state index is 0.0276. The second kappa shape index (κ2) is 17.9. The lowest BCUT2D eigenvalue weighted by Gasteiger charge is -2.28. The average Bonchev–Trinajstić information content (AvgIpc) is 3.92. The Morgan fingerprint density at radius 2 is 1.71 bits per heavy atom. The van der Waals surface area contributed by atoms with E-state index in [1.54, 1.807) is 16.7 Å². The van der Waals surface area contributed by atoms with E-state index in [4.69, 9.17) is 38.5 Å². The fraction of sp³-hybridized carbons (Fsp3) is 0.361. The molecule has 23 heteroatoms. The van der Waals surface area contributed by atoms with Gasteiger partial charge in [0.2, 0.25) is 0 Å². The Kier molecular flexibility index (Phi) is 12.7. The lowest BCUT2D eigenvalue weighted by Crippen LogP contribution is -2.39. The maximum absolute atomic E-state index is 14.8. The molecule has 2 saturated heterocycles. The number of aromatic amines is 1. The molecule has 5 N–H and O–H groups in total. The molecule has 0 radical (unpaired) electrons. The number of carbonyl (C=O) groups is 2. The van der Waals surface area contributed by atoms with E-state index in [1.807, 2.05) is 0 Å². The predicted octanol–water partition coefficient (Wildman–Crippen LogP) is 2.10. The molecule has 0 aliphatic carbocycles. The van der Waals surface area contributed by atoms with E-state index >= 15 is 0 Å². The van der Waals surface area contributed by atoms with Gasteiger partial charge in [-0.2, -0.15) is 0 Å². The summed E-state index contributed by atoms with van der Waals surface area (Å²) >= 11 is 0.775. The molecule has 8 atom stereocenters. The van der Waals surface area contributed by atoms with Gasteiger partial charge in [0.25, 0.3) is 5.56 Å². The van der Waals surface area contributed by atoms with Crippen molar-refractivity contribution in [3.8, 4) is 11.5 Å². The summed E-state index contributed by atoms with van der Waals surface area (Å²) in [5, 5.41) is 21.3. The third kappa shape index (κ3) is 9.46. The van der Waals surface area contributed by atoms with Crippen LogP contribution in [0.25, 0.3) is 11.2 Å². The molecule has 0 spiro atoms. The Bertz CT molecular complexity index is 2470.